The fourth-order valence-electron chi connectivity index (χ4n) is 2.20. The second-order valence-electron chi connectivity index (χ2n) is 5.37. The summed E-state index contributed by atoms with van der Waals surface area (Å²) in [6, 6.07) is 3.05. The summed E-state index contributed by atoms with van der Waals surface area (Å²) in [7, 11) is -3.51. The SMILES string of the molecule is CC1CCN(C(N)=NCCNS(=O)(=O)c2ccc(Cl)s2)CC1.I. The van der Waals surface area contributed by atoms with E-state index in [4.69, 9.17) is 17.3 Å². The molecule has 1 aliphatic heterocycles. The van der Waals surface area contributed by atoms with E-state index < -0.39 is 10.0 Å². The van der Waals surface area contributed by atoms with Crippen LogP contribution in [0.15, 0.2) is 21.3 Å². The van der Waals surface area contributed by atoms with E-state index >= 15 is 0 Å². The zero-order valence-corrected chi connectivity index (χ0v) is 17.6. The zero-order valence-electron chi connectivity index (χ0n) is 12.9. The van der Waals surface area contributed by atoms with Crippen LogP contribution in [0.3, 0.4) is 0 Å². The van der Waals surface area contributed by atoms with Gasteiger partial charge < -0.3 is 10.6 Å². The number of nitrogens with zero attached hydrogens (tertiary/aromatic N) is 2. The summed E-state index contributed by atoms with van der Waals surface area (Å²) in [5.41, 5.74) is 5.94. The highest BCUT2D eigenvalue weighted by molar-refractivity contribution is 14.0. The molecule has 0 radical (unpaired) electrons. The maximum Gasteiger partial charge on any atom is 0.250 e. The highest BCUT2D eigenvalue weighted by Gasteiger charge is 2.17. The number of hydrogen-bond donors (Lipinski definition) is 2. The molecule has 2 rings (SSSR count). The minimum Gasteiger partial charge on any atom is -0.370 e. The molecule has 10 heteroatoms. The Balaban J connectivity index is 0.00000264. The van der Waals surface area contributed by atoms with Gasteiger partial charge in [0, 0.05) is 19.6 Å². The van der Waals surface area contributed by atoms with Gasteiger partial charge in [-0.15, -0.1) is 35.3 Å². The molecule has 0 atom stereocenters. The number of guanidine groups is 1. The van der Waals surface area contributed by atoms with Crippen molar-refractivity contribution in [3.8, 4) is 0 Å². The highest BCUT2D eigenvalue weighted by Crippen LogP contribution is 2.25. The fourth-order valence-corrected chi connectivity index (χ4v) is 4.75. The van der Waals surface area contributed by atoms with Gasteiger partial charge >= 0.3 is 0 Å². The van der Waals surface area contributed by atoms with E-state index in [1.807, 2.05) is 4.90 Å². The normalized spacial score (nSPS) is 17.1. The van der Waals surface area contributed by atoms with Gasteiger partial charge in [0.25, 0.3) is 0 Å². The Hall–Kier alpha value is -0.1000. The Morgan fingerprint density at radius 2 is 2.13 bits per heavy atom. The summed E-state index contributed by atoms with van der Waals surface area (Å²) >= 11 is 6.78. The highest BCUT2D eigenvalue weighted by atomic mass is 127. The van der Waals surface area contributed by atoms with Crippen molar-refractivity contribution in [2.45, 2.75) is 24.0 Å². The average Bonchev–Trinajstić information content (AvgIpc) is 2.92. The van der Waals surface area contributed by atoms with Gasteiger partial charge in [-0.05, 0) is 30.9 Å². The van der Waals surface area contributed by atoms with Crippen molar-refractivity contribution >= 4 is 62.9 Å². The quantitative estimate of drug-likeness (QED) is 0.286. The van der Waals surface area contributed by atoms with Crippen LogP contribution in [0.4, 0.5) is 0 Å². The van der Waals surface area contributed by atoms with Crippen LogP contribution in [0.25, 0.3) is 0 Å². The van der Waals surface area contributed by atoms with Crippen molar-refractivity contribution in [1.29, 1.82) is 0 Å². The molecule has 0 saturated carbocycles. The Labute approximate surface area is 163 Å². The third-order valence-corrected chi connectivity index (χ3v) is 6.78. The third-order valence-electron chi connectivity index (χ3n) is 3.60. The lowest BCUT2D eigenvalue weighted by Crippen LogP contribution is -2.42. The predicted molar refractivity (Wildman–Crippen MR) is 106 cm³/mol. The largest absolute Gasteiger partial charge is 0.370 e. The number of nitrogens with one attached hydrogen (secondary N) is 1. The fraction of sp³-hybridized carbons (Fsp3) is 0.615. The van der Waals surface area contributed by atoms with Crippen molar-refractivity contribution in [1.82, 2.24) is 9.62 Å². The molecule has 0 spiro atoms. The molecule has 0 aromatic carbocycles. The molecule has 1 aliphatic rings. The van der Waals surface area contributed by atoms with E-state index in [9.17, 15) is 8.42 Å². The smallest absolute Gasteiger partial charge is 0.250 e. The van der Waals surface area contributed by atoms with Gasteiger partial charge in [-0.25, -0.2) is 13.1 Å². The Kier molecular flexibility index (Phi) is 8.56. The van der Waals surface area contributed by atoms with Crippen LogP contribution < -0.4 is 10.5 Å². The van der Waals surface area contributed by atoms with E-state index in [1.165, 1.54) is 6.07 Å². The topological polar surface area (TPSA) is 87.8 Å². The molecular weight excluding hydrogens is 471 g/mol. The number of likely N-dealkylation sites (tertiary alicyclic amines) is 1. The van der Waals surface area contributed by atoms with Crippen LogP contribution in [0.1, 0.15) is 19.8 Å². The summed E-state index contributed by atoms with van der Waals surface area (Å²) in [4.78, 5) is 6.29. The van der Waals surface area contributed by atoms with Crippen LogP contribution in [0.5, 0.6) is 0 Å². The lowest BCUT2D eigenvalue weighted by molar-refractivity contribution is 0.277. The van der Waals surface area contributed by atoms with Crippen LogP contribution >= 0.6 is 46.9 Å². The Bertz CT molecular complexity index is 628. The average molecular weight is 493 g/mol. The second kappa shape index (κ2) is 9.40. The molecule has 0 bridgehead atoms. The molecule has 132 valence electrons. The van der Waals surface area contributed by atoms with Gasteiger partial charge in [0.15, 0.2) is 5.96 Å². The van der Waals surface area contributed by atoms with Crippen molar-refractivity contribution in [2.75, 3.05) is 26.2 Å². The molecule has 0 unspecified atom stereocenters. The number of thiophene rings is 1. The maximum absolute atomic E-state index is 12.0. The van der Waals surface area contributed by atoms with Crippen molar-refractivity contribution < 1.29 is 8.42 Å². The molecule has 1 saturated heterocycles. The first-order chi connectivity index (χ1) is 10.4. The molecule has 3 N–H and O–H groups in total. The molecule has 1 aromatic rings. The number of aliphatic imine (C=N–C) groups is 1. The van der Waals surface area contributed by atoms with Crippen molar-refractivity contribution in [3.63, 3.8) is 0 Å². The number of hydrogen-bond acceptors (Lipinski definition) is 4. The lowest BCUT2D eigenvalue weighted by Gasteiger charge is -2.31. The van der Waals surface area contributed by atoms with Gasteiger partial charge in [0.05, 0.1) is 10.9 Å². The standard InChI is InChI=1S/C13H21ClN4O2S2.HI/c1-10-4-8-18(9-5-10)13(15)16-6-7-17-22(19,20)12-3-2-11(14)21-12;/h2-3,10,17H,4-9H2,1H3,(H2,15,16);1H. The Morgan fingerprint density at radius 3 is 2.70 bits per heavy atom. The molecule has 1 fully saturated rings. The molecule has 1 aromatic heterocycles. The van der Waals surface area contributed by atoms with E-state index in [-0.39, 0.29) is 34.7 Å². The summed E-state index contributed by atoms with van der Waals surface area (Å²) < 4.78 is 27.1. The summed E-state index contributed by atoms with van der Waals surface area (Å²) in [5.74, 6) is 1.22. The van der Waals surface area contributed by atoms with Crippen molar-refractivity contribution in [3.05, 3.63) is 16.5 Å². The summed E-state index contributed by atoms with van der Waals surface area (Å²) in [6.07, 6.45) is 2.23. The first-order valence-corrected chi connectivity index (χ1v) is 9.86. The number of nitrogens with two attached hydrogens (primary N) is 1. The van der Waals surface area contributed by atoms with E-state index in [2.05, 4.69) is 16.6 Å². The van der Waals surface area contributed by atoms with Gasteiger partial charge in [-0.1, -0.05) is 18.5 Å². The van der Waals surface area contributed by atoms with Gasteiger partial charge in [-0.3, -0.25) is 4.99 Å². The van der Waals surface area contributed by atoms with E-state index in [0.717, 1.165) is 43.2 Å². The van der Waals surface area contributed by atoms with Gasteiger partial charge in [-0.2, -0.15) is 0 Å². The molecule has 6 nitrogen and oxygen atoms in total. The monoisotopic (exact) mass is 492 g/mol. The molecule has 0 aliphatic carbocycles. The zero-order chi connectivity index (χ0) is 16.2. The van der Waals surface area contributed by atoms with Crippen LogP contribution in [-0.4, -0.2) is 45.5 Å². The van der Waals surface area contributed by atoms with Gasteiger partial charge in [0.2, 0.25) is 10.0 Å². The lowest BCUT2D eigenvalue weighted by atomic mass is 10.00. The summed E-state index contributed by atoms with van der Waals surface area (Å²) in [6.45, 7) is 4.58. The van der Waals surface area contributed by atoms with Gasteiger partial charge in [0.1, 0.15) is 4.21 Å². The first kappa shape index (κ1) is 20.9. The summed E-state index contributed by atoms with van der Waals surface area (Å²) in [5, 5.41) is 0. The number of sulfonamides is 1. The van der Waals surface area contributed by atoms with Crippen LogP contribution in [-0.2, 0) is 10.0 Å². The minimum absolute atomic E-state index is 0. The molecule has 0 amide bonds. The molecule has 23 heavy (non-hydrogen) atoms. The number of halogens is 2. The molecule has 2 heterocycles. The van der Waals surface area contributed by atoms with E-state index in [1.54, 1.807) is 6.07 Å². The Morgan fingerprint density at radius 1 is 1.48 bits per heavy atom. The third kappa shape index (κ3) is 6.37. The van der Waals surface area contributed by atoms with E-state index in [0.29, 0.717) is 16.8 Å². The predicted octanol–water partition coefficient (Wildman–Crippen LogP) is 2.34. The maximum atomic E-state index is 12.0. The van der Waals surface area contributed by atoms with Crippen LogP contribution in [0.2, 0.25) is 4.34 Å². The second-order valence-corrected chi connectivity index (χ2v) is 9.07. The number of piperidine rings is 1. The van der Waals surface area contributed by atoms with Crippen LogP contribution in [0, 0.1) is 5.92 Å². The first-order valence-electron chi connectivity index (χ1n) is 7.18. The van der Waals surface area contributed by atoms with Crippen molar-refractivity contribution in [2.24, 2.45) is 16.6 Å². The molecular formula is C13H22ClIN4O2S2. The minimum atomic E-state index is -3.51. The number of rotatable bonds is 5.